The van der Waals surface area contributed by atoms with Crippen LogP contribution in [0, 0.1) is 5.92 Å². The zero-order chi connectivity index (χ0) is 12.9. The zero-order valence-electron chi connectivity index (χ0n) is 11.3. The van der Waals surface area contributed by atoms with Gasteiger partial charge in [0, 0.05) is 25.7 Å². The van der Waals surface area contributed by atoms with E-state index in [2.05, 4.69) is 31.0 Å². The Balaban J connectivity index is 2.18. The third-order valence-electron chi connectivity index (χ3n) is 3.34. The van der Waals surface area contributed by atoms with Gasteiger partial charge in [-0.3, -0.25) is 4.90 Å². The lowest BCUT2D eigenvalue weighted by atomic mass is 10.1. The highest BCUT2D eigenvalue weighted by Crippen LogP contribution is 2.07. The highest BCUT2D eigenvalue weighted by atomic mass is 32.2. The van der Waals surface area contributed by atoms with Crippen molar-refractivity contribution in [2.45, 2.75) is 33.2 Å². The van der Waals surface area contributed by atoms with E-state index < -0.39 is 9.84 Å². The van der Waals surface area contributed by atoms with E-state index in [1.807, 2.05) is 0 Å². The van der Waals surface area contributed by atoms with Crippen LogP contribution in [0.4, 0.5) is 0 Å². The average molecular weight is 262 g/mol. The van der Waals surface area contributed by atoms with E-state index >= 15 is 0 Å². The van der Waals surface area contributed by atoms with Gasteiger partial charge in [-0.05, 0) is 25.8 Å². The third-order valence-corrected chi connectivity index (χ3v) is 4.95. The molecule has 1 rings (SSSR count). The smallest absolute Gasteiger partial charge is 0.152 e. The predicted molar refractivity (Wildman–Crippen MR) is 72.0 cm³/mol. The molecule has 1 saturated heterocycles. The molecule has 0 amide bonds. The van der Waals surface area contributed by atoms with Crippen molar-refractivity contribution < 1.29 is 8.42 Å². The molecule has 0 aliphatic carbocycles. The van der Waals surface area contributed by atoms with Gasteiger partial charge >= 0.3 is 0 Å². The molecule has 1 N–H and O–H groups in total. The lowest BCUT2D eigenvalue weighted by Crippen LogP contribution is -2.48. The van der Waals surface area contributed by atoms with E-state index in [-0.39, 0.29) is 0 Å². The minimum atomic E-state index is -2.75. The number of hydrogen-bond donors (Lipinski definition) is 1. The molecule has 4 nitrogen and oxygen atoms in total. The fourth-order valence-electron chi connectivity index (χ4n) is 2.00. The Labute approximate surface area is 106 Å². The predicted octanol–water partition coefficient (Wildman–Crippen LogP) is 0.741. The van der Waals surface area contributed by atoms with Gasteiger partial charge in [-0.1, -0.05) is 13.8 Å². The quantitative estimate of drug-likeness (QED) is 0.717. The van der Waals surface area contributed by atoms with Gasteiger partial charge in [0.15, 0.2) is 9.84 Å². The first kappa shape index (κ1) is 14.9. The fraction of sp³-hybridized carbons (Fsp3) is 1.00. The second kappa shape index (κ2) is 6.71. The molecule has 1 aliphatic rings. The summed E-state index contributed by atoms with van der Waals surface area (Å²) in [6, 6.07) is 0.428. The maximum absolute atomic E-state index is 11.3. The SMILES string of the molecule is CC(C)CCNCC(C)N1CCS(=O)(=O)CC1. The topological polar surface area (TPSA) is 49.4 Å². The van der Waals surface area contributed by atoms with Crippen molar-refractivity contribution >= 4 is 9.84 Å². The summed E-state index contributed by atoms with van der Waals surface area (Å²) in [7, 11) is -2.75. The van der Waals surface area contributed by atoms with E-state index in [4.69, 9.17) is 0 Å². The van der Waals surface area contributed by atoms with Crippen LogP contribution in [0.1, 0.15) is 27.2 Å². The summed E-state index contributed by atoms with van der Waals surface area (Å²) in [5, 5.41) is 3.44. The molecule has 1 fully saturated rings. The van der Waals surface area contributed by atoms with Crippen LogP contribution >= 0.6 is 0 Å². The molecule has 0 spiro atoms. The maximum atomic E-state index is 11.3. The summed E-state index contributed by atoms with van der Waals surface area (Å²) in [4.78, 5) is 2.27. The van der Waals surface area contributed by atoms with Gasteiger partial charge in [0.25, 0.3) is 0 Å². The number of sulfone groups is 1. The highest BCUT2D eigenvalue weighted by Gasteiger charge is 2.24. The molecule has 1 heterocycles. The van der Waals surface area contributed by atoms with Crippen LogP contribution in [0.15, 0.2) is 0 Å². The molecule has 17 heavy (non-hydrogen) atoms. The van der Waals surface area contributed by atoms with Crippen LogP contribution in [-0.2, 0) is 9.84 Å². The summed E-state index contributed by atoms with van der Waals surface area (Å²) < 4.78 is 22.6. The van der Waals surface area contributed by atoms with Crippen molar-refractivity contribution in [2.75, 3.05) is 37.7 Å². The second-order valence-electron chi connectivity index (χ2n) is 5.42. The first-order valence-electron chi connectivity index (χ1n) is 6.56. The van der Waals surface area contributed by atoms with E-state index in [1.54, 1.807) is 0 Å². The Morgan fingerprint density at radius 1 is 1.18 bits per heavy atom. The maximum Gasteiger partial charge on any atom is 0.152 e. The van der Waals surface area contributed by atoms with Gasteiger partial charge in [0.2, 0.25) is 0 Å². The van der Waals surface area contributed by atoms with Crippen LogP contribution in [0.25, 0.3) is 0 Å². The van der Waals surface area contributed by atoms with E-state index in [0.717, 1.165) is 19.0 Å². The van der Waals surface area contributed by atoms with Crippen molar-refractivity contribution in [1.82, 2.24) is 10.2 Å². The summed E-state index contributed by atoms with van der Waals surface area (Å²) >= 11 is 0. The second-order valence-corrected chi connectivity index (χ2v) is 7.73. The van der Waals surface area contributed by atoms with Crippen molar-refractivity contribution in [1.29, 1.82) is 0 Å². The number of hydrogen-bond acceptors (Lipinski definition) is 4. The van der Waals surface area contributed by atoms with Crippen LogP contribution in [0.5, 0.6) is 0 Å². The van der Waals surface area contributed by atoms with Gasteiger partial charge in [-0.2, -0.15) is 0 Å². The van der Waals surface area contributed by atoms with Gasteiger partial charge in [-0.15, -0.1) is 0 Å². The highest BCUT2D eigenvalue weighted by molar-refractivity contribution is 7.91. The number of rotatable bonds is 6. The Hall–Kier alpha value is -0.130. The Bertz CT molecular complexity index is 300. The van der Waals surface area contributed by atoms with E-state index in [0.29, 0.717) is 30.6 Å². The lowest BCUT2D eigenvalue weighted by Gasteiger charge is -2.32. The molecule has 1 aliphatic heterocycles. The van der Waals surface area contributed by atoms with Crippen molar-refractivity contribution in [2.24, 2.45) is 5.92 Å². The molecule has 1 atom stereocenters. The van der Waals surface area contributed by atoms with Crippen molar-refractivity contribution in [3.8, 4) is 0 Å². The average Bonchev–Trinajstić information content (AvgIpc) is 2.23. The Morgan fingerprint density at radius 3 is 2.29 bits per heavy atom. The minimum Gasteiger partial charge on any atom is -0.315 e. The molecule has 0 aromatic carbocycles. The first-order chi connectivity index (χ1) is 7.91. The Kier molecular flexibility index (Phi) is 5.89. The fourth-order valence-corrected chi connectivity index (χ4v) is 3.23. The lowest BCUT2D eigenvalue weighted by molar-refractivity contribution is 0.220. The minimum absolute atomic E-state index is 0.323. The standard InChI is InChI=1S/C12H26N2O2S/c1-11(2)4-5-13-10-12(3)14-6-8-17(15,16)9-7-14/h11-13H,4-10H2,1-3H3. The Morgan fingerprint density at radius 2 is 1.76 bits per heavy atom. The molecule has 0 bridgehead atoms. The van der Waals surface area contributed by atoms with Gasteiger partial charge in [0.1, 0.15) is 0 Å². The molecular weight excluding hydrogens is 236 g/mol. The summed E-state index contributed by atoms with van der Waals surface area (Å²) in [6.07, 6.45) is 1.20. The molecular formula is C12H26N2O2S. The van der Waals surface area contributed by atoms with Crippen LogP contribution in [0.2, 0.25) is 0 Å². The molecule has 1 unspecified atom stereocenters. The van der Waals surface area contributed by atoms with Crippen LogP contribution < -0.4 is 5.32 Å². The van der Waals surface area contributed by atoms with Crippen LogP contribution in [-0.4, -0.2) is 57.0 Å². The molecule has 5 heteroatoms. The van der Waals surface area contributed by atoms with E-state index in [1.165, 1.54) is 6.42 Å². The van der Waals surface area contributed by atoms with Gasteiger partial charge in [0.05, 0.1) is 11.5 Å². The normalized spacial score (nSPS) is 22.8. The van der Waals surface area contributed by atoms with Gasteiger partial charge < -0.3 is 5.32 Å². The largest absolute Gasteiger partial charge is 0.315 e. The molecule has 0 aromatic heterocycles. The third kappa shape index (κ3) is 5.84. The van der Waals surface area contributed by atoms with Gasteiger partial charge in [-0.25, -0.2) is 8.42 Å². The van der Waals surface area contributed by atoms with Crippen molar-refractivity contribution in [3.05, 3.63) is 0 Å². The first-order valence-corrected chi connectivity index (χ1v) is 8.38. The number of nitrogens with zero attached hydrogens (tertiary/aromatic N) is 1. The summed E-state index contributed by atoms with van der Waals surface area (Å²) in [5.41, 5.74) is 0. The molecule has 0 saturated carbocycles. The summed E-state index contributed by atoms with van der Waals surface area (Å²) in [5.74, 6) is 1.38. The summed E-state index contributed by atoms with van der Waals surface area (Å²) in [6.45, 7) is 9.99. The molecule has 0 radical (unpaired) electrons. The van der Waals surface area contributed by atoms with Crippen molar-refractivity contribution in [3.63, 3.8) is 0 Å². The zero-order valence-corrected chi connectivity index (χ0v) is 12.1. The monoisotopic (exact) mass is 262 g/mol. The number of nitrogens with one attached hydrogen (secondary N) is 1. The molecule has 0 aromatic rings. The van der Waals surface area contributed by atoms with E-state index in [9.17, 15) is 8.42 Å². The molecule has 102 valence electrons. The van der Waals surface area contributed by atoms with Crippen LogP contribution in [0.3, 0.4) is 0 Å².